The van der Waals surface area contributed by atoms with E-state index in [1.165, 1.54) is 23.1 Å². The van der Waals surface area contributed by atoms with Crippen LogP contribution in [-0.4, -0.2) is 110 Å². The van der Waals surface area contributed by atoms with Crippen molar-refractivity contribution in [1.82, 2.24) is 14.9 Å². The molecule has 2 aromatic carbocycles. The van der Waals surface area contributed by atoms with Crippen molar-refractivity contribution in [2.45, 2.75) is 18.3 Å². The lowest BCUT2D eigenvalue weighted by atomic mass is 9.65. The predicted octanol–water partition coefficient (Wildman–Crippen LogP) is -5.38. The molecule has 4 rings (SSSR count). The number of aromatic nitrogens is 2. The molecule has 0 saturated carbocycles. The van der Waals surface area contributed by atoms with E-state index in [0.717, 1.165) is 0 Å². The lowest BCUT2D eigenvalue weighted by Gasteiger charge is -2.30. The quantitative estimate of drug-likeness (QED) is 0.333. The number of rotatable bonds is 4. The summed E-state index contributed by atoms with van der Waals surface area (Å²) in [6.07, 6.45) is -5.11. The van der Waals surface area contributed by atoms with E-state index >= 15 is 0 Å². The van der Waals surface area contributed by atoms with Gasteiger partial charge in [-0.25, -0.2) is 9.97 Å². The summed E-state index contributed by atoms with van der Waals surface area (Å²) in [5, 5.41) is -1.85. The third-order valence-electron chi connectivity index (χ3n) is 5.73. The van der Waals surface area contributed by atoms with Gasteiger partial charge in [-0.1, -0.05) is 33.4 Å². The summed E-state index contributed by atoms with van der Waals surface area (Å²) in [5.41, 5.74) is -2.09. The Morgan fingerprint density at radius 3 is 2.03 bits per heavy atom. The van der Waals surface area contributed by atoms with Crippen molar-refractivity contribution in [3.63, 3.8) is 0 Å². The molecule has 0 aliphatic carbocycles. The Morgan fingerprint density at radius 2 is 1.49 bits per heavy atom. The van der Waals surface area contributed by atoms with E-state index in [-0.39, 0.29) is 68.9 Å². The Balaban J connectivity index is 1.80. The van der Waals surface area contributed by atoms with Gasteiger partial charge >= 0.3 is 6.36 Å². The van der Waals surface area contributed by atoms with E-state index in [4.69, 9.17) is 75.4 Å². The van der Waals surface area contributed by atoms with Crippen molar-refractivity contribution in [3.8, 4) is 22.6 Å². The molecule has 172 valence electrons. The zero-order chi connectivity index (χ0) is 29.0. The second-order valence-electron chi connectivity index (χ2n) is 8.66. The van der Waals surface area contributed by atoms with Crippen LogP contribution < -0.4 is 48.0 Å². The van der Waals surface area contributed by atoms with E-state index in [1.807, 2.05) is 0 Å². The molecule has 0 bridgehead atoms. The van der Waals surface area contributed by atoms with Gasteiger partial charge < -0.3 is 14.4 Å². The van der Waals surface area contributed by atoms with Crippen LogP contribution in [0.25, 0.3) is 11.1 Å². The van der Waals surface area contributed by atoms with Gasteiger partial charge in [0.05, 0.1) is 12.1 Å². The fourth-order valence-electron chi connectivity index (χ4n) is 3.98. The zero-order valence-corrected chi connectivity index (χ0v) is 20.0. The molecule has 0 unspecified atom stereocenters. The summed E-state index contributed by atoms with van der Waals surface area (Å²) in [7, 11) is 53.0. The van der Waals surface area contributed by atoms with Crippen molar-refractivity contribution >= 4 is 115 Å². The minimum atomic E-state index is -5.11. The van der Waals surface area contributed by atoms with E-state index < -0.39 is 34.3 Å². The Labute approximate surface area is 234 Å². The first-order chi connectivity index (χ1) is 18.0. The molecule has 39 heavy (non-hydrogen) atoms. The van der Waals surface area contributed by atoms with Gasteiger partial charge in [0.1, 0.15) is 87.9 Å². The highest BCUT2D eigenvalue weighted by Gasteiger charge is 2.35. The zero-order valence-electron chi connectivity index (χ0n) is 20.0. The number of alkyl halides is 3. The number of amides is 1. The number of benzene rings is 2. The maximum atomic E-state index is 13.6. The summed E-state index contributed by atoms with van der Waals surface area (Å²) < 4.78 is 48.1. The third kappa shape index (κ3) is 5.80. The van der Waals surface area contributed by atoms with E-state index in [0.29, 0.717) is 0 Å². The van der Waals surface area contributed by atoms with Crippen LogP contribution in [0.15, 0.2) is 18.2 Å². The number of fused-ring (bicyclic) bond motifs is 1. The molecule has 0 spiro atoms. The molecular weight excluding hydrogens is 497 g/mol. The number of carbonyl (C=O) groups is 1. The van der Waals surface area contributed by atoms with Gasteiger partial charge in [0.2, 0.25) is 0 Å². The summed E-state index contributed by atoms with van der Waals surface area (Å²) in [5.74, 6) is -1.56. The molecule has 18 radical (unpaired) electrons. The molecule has 1 amide bonds. The maximum Gasteiger partial charge on any atom is 0.573 e. The summed E-state index contributed by atoms with van der Waals surface area (Å²) in [4.78, 5) is 22.8. The van der Waals surface area contributed by atoms with Gasteiger partial charge in [-0.2, -0.15) is 0 Å². The van der Waals surface area contributed by atoms with Crippen LogP contribution in [0.1, 0.15) is 16.2 Å². The first-order valence-electron chi connectivity index (χ1n) is 10.9. The smallest absolute Gasteiger partial charge is 0.504 e. The van der Waals surface area contributed by atoms with Gasteiger partial charge in [-0.05, 0) is 34.4 Å². The summed E-state index contributed by atoms with van der Waals surface area (Å²) in [6.45, 7) is -0.568. The number of hydrogen-bond donors (Lipinski definition) is 0. The fourth-order valence-corrected chi connectivity index (χ4v) is 3.98. The van der Waals surface area contributed by atoms with Crippen molar-refractivity contribution < 1.29 is 27.4 Å². The number of hydrogen-bond acceptors (Lipinski definition) is 5. The molecule has 3 aromatic rings. The van der Waals surface area contributed by atoms with Gasteiger partial charge in [-0.3, -0.25) is 4.79 Å². The normalized spacial score (nSPS) is 14.8. The van der Waals surface area contributed by atoms with E-state index in [9.17, 15) is 18.0 Å². The molecule has 0 fully saturated rings. The van der Waals surface area contributed by atoms with Crippen molar-refractivity contribution in [1.29, 1.82) is 0 Å². The number of ether oxygens (including phenoxy) is 2. The number of halogens is 3. The average molecular weight is 504 g/mol. The molecule has 6 nitrogen and oxygen atoms in total. The van der Waals surface area contributed by atoms with Crippen LogP contribution in [0.4, 0.5) is 13.2 Å². The van der Waals surface area contributed by atoms with E-state index in [1.54, 1.807) is 0 Å². The molecule has 0 atom stereocenters. The van der Waals surface area contributed by atoms with Gasteiger partial charge in [-0.15, -0.1) is 13.2 Å². The van der Waals surface area contributed by atoms with Crippen LogP contribution in [-0.2, 0) is 6.54 Å². The number of carbonyl (C=O) groups excluding carboxylic acids is 1. The molecule has 1 aliphatic rings. The van der Waals surface area contributed by atoms with Crippen LogP contribution >= 0.6 is 0 Å². The molecule has 18 heteroatoms. The van der Waals surface area contributed by atoms with Crippen LogP contribution in [0, 0.1) is 0 Å². The second kappa shape index (κ2) is 10.2. The minimum absolute atomic E-state index is 0.0105. The van der Waals surface area contributed by atoms with Gasteiger partial charge in [0, 0.05) is 11.9 Å². The second-order valence-corrected chi connectivity index (χ2v) is 8.66. The standard InChI is InChI=1S/C21H7B9F3N3O3/c22-11-10(12(23)14(25)16(13(11)24)39-21(31,32)33)6-1-2-8-7(3-6)19(37)36(5-20(29,30)38-8)4-9-34-17(27)15(26)18(28)35-9/h1-3H,4-5H2. The predicted molar refractivity (Wildman–Crippen MR) is 148 cm³/mol. The Morgan fingerprint density at radius 1 is 0.923 bits per heavy atom. The largest absolute Gasteiger partial charge is 0.573 e. The number of nitrogens with zero attached hydrogens (tertiary/aromatic N) is 3. The monoisotopic (exact) mass is 505 g/mol. The Hall–Kier alpha value is -3.04. The average Bonchev–Trinajstić information content (AvgIpc) is 2.91. The first-order valence-corrected chi connectivity index (χ1v) is 10.9. The SMILES string of the molecule is [B]c1nc(CN2CC([B])([B])Oc3ccc(-c4c([B])c([B])c(OC(F)(F)F)c([B])c4[B])cc3C2=O)nc([B])c1[B]. The molecule has 2 heterocycles. The van der Waals surface area contributed by atoms with E-state index in [2.05, 4.69) is 14.7 Å². The topological polar surface area (TPSA) is 64.6 Å². The molecule has 1 aliphatic heterocycles. The van der Waals surface area contributed by atoms with Crippen LogP contribution in [0.5, 0.6) is 11.5 Å². The van der Waals surface area contributed by atoms with Crippen molar-refractivity contribution in [3.05, 3.63) is 29.6 Å². The summed E-state index contributed by atoms with van der Waals surface area (Å²) in [6, 6.07) is 4.07. The first kappa shape index (κ1) is 29.0. The van der Waals surface area contributed by atoms with Crippen molar-refractivity contribution in [2.24, 2.45) is 0 Å². The molecule has 0 saturated heterocycles. The van der Waals surface area contributed by atoms with Crippen LogP contribution in [0.2, 0.25) is 0 Å². The van der Waals surface area contributed by atoms with Gasteiger partial charge in [0.15, 0.2) is 0 Å². The highest BCUT2D eigenvalue weighted by molar-refractivity contribution is 6.61. The Kier molecular flexibility index (Phi) is 7.55. The lowest BCUT2D eigenvalue weighted by molar-refractivity contribution is -0.273. The highest BCUT2D eigenvalue weighted by atomic mass is 19.4. The Bertz CT molecular complexity index is 1450. The molecule has 1 aromatic heterocycles. The van der Waals surface area contributed by atoms with Crippen LogP contribution in [0.3, 0.4) is 0 Å². The summed E-state index contributed by atoms with van der Waals surface area (Å²) >= 11 is 0. The lowest BCUT2D eigenvalue weighted by Crippen LogP contribution is -2.49. The van der Waals surface area contributed by atoms with Crippen molar-refractivity contribution in [2.75, 3.05) is 6.54 Å². The third-order valence-corrected chi connectivity index (χ3v) is 5.73. The van der Waals surface area contributed by atoms with Gasteiger partial charge in [0.25, 0.3) is 5.91 Å². The highest BCUT2D eigenvalue weighted by Crippen LogP contribution is 2.31. The molecule has 0 N–H and O–H groups in total. The fraction of sp³-hybridized carbons (Fsp3) is 0.190. The minimum Gasteiger partial charge on any atom is -0.504 e. The molecular formula is C21H7B9F3N3O3. The maximum absolute atomic E-state index is 13.6.